The highest BCUT2D eigenvalue weighted by Crippen LogP contribution is 2.10. The van der Waals surface area contributed by atoms with Crippen LogP contribution in [0.2, 0.25) is 0 Å². The van der Waals surface area contributed by atoms with Crippen molar-refractivity contribution in [2.45, 2.75) is 66.2 Å². The molecule has 2 amide bonds. The summed E-state index contributed by atoms with van der Waals surface area (Å²) in [4.78, 5) is 27.9. The van der Waals surface area contributed by atoms with Gasteiger partial charge in [-0.25, -0.2) is 9.78 Å². The Balaban J connectivity index is 2.57. The Hall–Kier alpha value is -2.05. The number of nitrogens with one attached hydrogen (secondary N) is 2. The molecule has 7 heteroatoms. The summed E-state index contributed by atoms with van der Waals surface area (Å²) in [7, 11) is 0. The van der Waals surface area contributed by atoms with Crippen molar-refractivity contribution in [2.24, 2.45) is 0 Å². The van der Waals surface area contributed by atoms with Crippen LogP contribution in [-0.2, 0) is 4.74 Å². The van der Waals surface area contributed by atoms with Crippen molar-refractivity contribution in [1.29, 1.82) is 0 Å². The molecule has 2 N–H and O–H groups in total. The number of nitrogens with zero attached hydrogens (tertiary/aromatic N) is 1. The van der Waals surface area contributed by atoms with Gasteiger partial charge in [-0.1, -0.05) is 0 Å². The van der Waals surface area contributed by atoms with Gasteiger partial charge >= 0.3 is 6.09 Å². The van der Waals surface area contributed by atoms with Gasteiger partial charge < -0.3 is 19.8 Å². The van der Waals surface area contributed by atoms with E-state index in [0.29, 0.717) is 11.7 Å². The Morgan fingerprint density at radius 1 is 1.14 bits per heavy atom. The van der Waals surface area contributed by atoms with E-state index in [1.54, 1.807) is 48.5 Å². The summed E-state index contributed by atoms with van der Waals surface area (Å²) in [5.41, 5.74) is -0.306. The molecular weight excluding hydrogens is 286 g/mol. The summed E-state index contributed by atoms with van der Waals surface area (Å²) in [6, 6.07) is -0.594. The number of oxazole rings is 1. The SMILES string of the molecule is Cc1nc(C(=O)N[C@@H](C)[C@H](C)NC(=O)OC(C)(C)C)c(C)o1. The summed E-state index contributed by atoms with van der Waals surface area (Å²) in [6.45, 7) is 12.3. The molecule has 0 saturated carbocycles. The Kier molecular flexibility index (Phi) is 5.57. The second kappa shape index (κ2) is 6.81. The van der Waals surface area contributed by atoms with Crippen LogP contribution >= 0.6 is 0 Å². The van der Waals surface area contributed by atoms with Gasteiger partial charge in [0.25, 0.3) is 5.91 Å². The van der Waals surface area contributed by atoms with E-state index in [1.807, 2.05) is 0 Å². The zero-order valence-corrected chi connectivity index (χ0v) is 14.2. The number of aryl methyl sites for hydroxylation is 2. The van der Waals surface area contributed by atoms with Crippen LogP contribution in [0.25, 0.3) is 0 Å². The van der Waals surface area contributed by atoms with Crippen LogP contribution in [0, 0.1) is 13.8 Å². The first-order valence-corrected chi connectivity index (χ1v) is 7.24. The fourth-order valence-corrected chi connectivity index (χ4v) is 1.76. The number of alkyl carbamates (subject to hydrolysis) is 1. The van der Waals surface area contributed by atoms with E-state index in [9.17, 15) is 9.59 Å². The van der Waals surface area contributed by atoms with Crippen molar-refractivity contribution < 1.29 is 18.7 Å². The molecule has 0 unspecified atom stereocenters. The summed E-state index contributed by atoms with van der Waals surface area (Å²) in [5, 5.41) is 5.48. The van der Waals surface area contributed by atoms with Crippen molar-refractivity contribution in [3.8, 4) is 0 Å². The highest BCUT2D eigenvalue weighted by Gasteiger charge is 2.23. The second-order valence-electron chi connectivity index (χ2n) is 6.33. The topological polar surface area (TPSA) is 93.5 Å². The number of hydrogen-bond donors (Lipinski definition) is 2. The molecule has 0 aromatic carbocycles. The van der Waals surface area contributed by atoms with Gasteiger partial charge in [-0.2, -0.15) is 0 Å². The predicted molar refractivity (Wildman–Crippen MR) is 81.7 cm³/mol. The highest BCUT2D eigenvalue weighted by molar-refractivity contribution is 5.93. The number of aromatic nitrogens is 1. The van der Waals surface area contributed by atoms with Crippen LogP contribution in [0.3, 0.4) is 0 Å². The molecule has 0 bridgehead atoms. The van der Waals surface area contributed by atoms with E-state index in [0.717, 1.165) is 0 Å². The molecule has 0 fully saturated rings. The van der Waals surface area contributed by atoms with Gasteiger partial charge in [0.1, 0.15) is 11.4 Å². The number of amides is 2. The monoisotopic (exact) mass is 311 g/mol. The van der Waals surface area contributed by atoms with Gasteiger partial charge in [-0.05, 0) is 41.5 Å². The molecule has 0 radical (unpaired) electrons. The summed E-state index contributed by atoms with van der Waals surface area (Å²) < 4.78 is 10.4. The second-order valence-corrected chi connectivity index (χ2v) is 6.33. The number of hydrogen-bond acceptors (Lipinski definition) is 5. The number of rotatable bonds is 4. The lowest BCUT2D eigenvalue weighted by Gasteiger charge is -2.25. The lowest BCUT2D eigenvalue weighted by atomic mass is 10.1. The Labute approximate surface area is 130 Å². The molecule has 7 nitrogen and oxygen atoms in total. The van der Waals surface area contributed by atoms with Gasteiger partial charge in [0.2, 0.25) is 0 Å². The van der Waals surface area contributed by atoms with E-state index in [2.05, 4.69) is 15.6 Å². The smallest absolute Gasteiger partial charge is 0.407 e. The van der Waals surface area contributed by atoms with E-state index >= 15 is 0 Å². The lowest BCUT2D eigenvalue weighted by Crippen LogP contribution is -2.49. The van der Waals surface area contributed by atoms with Crippen LogP contribution in [-0.4, -0.2) is 34.7 Å². The van der Waals surface area contributed by atoms with Crippen molar-refractivity contribution in [3.63, 3.8) is 0 Å². The van der Waals surface area contributed by atoms with Crippen molar-refractivity contribution in [1.82, 2.24) is 15.6 Å². The van der Waals surface area contributed by atoms with Crippen LogP contribution in [0.5, 0.6) is 0 Å². The highest BCUT2D eigenvalue weighted by atomic mass is 16.6. The van der Waals surface area contributed by atoms with E-state index in [-0.39, 0.29) is 23.7 Å². The molecule has 22 heavy (non-hydrogen) atoms. The zero-order valence-electron chi connectivity index (χ0n) is 14.2. The summed E-state index contributed by atoms with van der Waals surface area (Å²) in [6.07, 6.45) is -0.519. The average molecular weight is 311 g/mol. The maximum atomic E-state index is 12.1. The quantitative estimate of drug-likeness (QED) is 0.890. The molecule has 0 aliphatic rings. The van der Waals surface area contributed by atoms with Crippen molar-refractivity contribution in [2.75, 3.05) is 0 Å². The maximum Gasteiger partial charge on any atom is 0.407 e. The van der Waals surface area contributed by atoms with Gasteiger partial charge in [0.15, 0.2) is 11.6 Å². The maximum absolute atomic E-state index is 12.1. The molecular formula is C15H25N3O4. The largest absolute Gasteiger partial charge is 0.445 e. The molecule has 2 atom stereocenters. The molecule has 0 spiro atoms. The van der Waals surface area contributed by atoms with Crippen molar-refractivity contribution in [3.05, 3.63) is 17.3 Å². The molecule has 1 aromatic rings. The van der Waals surface area contributed by atoms with E-state index in [4.69, 9.17) is 9.15 Å². The normalized spacial score (nSPS) is 14.1. The van der Waals surface area contributed by atoms with Crippen LogP contribution < -0.4 is 10.6 Å². The average Bonchev–Trinajstić information content (AvgIpc) is 2.65. The Bertz CT molecular complexity index is 545. The fourth-order valence-electron chi connectivity index (χ4n) is 1.76. The fraction of sp³-hybridized carbons (Fsp3) is 0.667. The third-order valence-corrected chi connectivity index (χ3v) is 2.97. The first-order chi connectivity index (χ1) is 9.99. The molecule has 1 heterocycles. The minimum Gasteiger partial charge on any atom is -0.445 e. The third kappa shape index (κ3) is 5.38. The first kappa shape index (κ1) is 18.0. The van der Waals surface area contributed by atoms with Gasteiger partial charge in [0, 0.05) is 19.0 Å². The van der Waals surface area contributed by atoms with Gasteiger partial charge in [0.05, 0.1) is 0 Å². The molecule has 1 aromatic heterocycles. The summed E-state index contributed by atoms with van der Waals surface area (Å²) in [5.74, 6) is 0.574. The Morgan fingerprint density at radius 3 is 2.14 bits per heavy atom. The molecule has 0 aliphatic heterocycles. The van der Waals surface area contributed by atoms with E-state index < -0.39 is 11.7 Å². The van der Waals surface area contributed by atoms with E-state index in [1.165, 1.54) is 0 Å². The Morgan fingerprint density at radius 2 is 1.68 bits per heavy atom. The molecule has 1 rings (SSSR count). The number of carbonyl (C=O) groups is 2. The van der Waals surface area contributed by atoms with Crippen molar-refractivity contribution >= 4 is 12.0 Å². The molecule has 0 aliphatic carbocycles. The van der Waals surface area contributed by atoms with Crippen LogP contribution in [0.4, 0.5) is 4.79 Å². The zero-order chi connectivity index (χ0) is 17.1. The van der Waals surface area contributed by atoms with Gasteiger partial charge in [-0.3, -0.25) is 4.79 Å². The van der Waals surface area contributed by atoms with Gasteiger partial charge in [-0.15, -0.1) is 0 Å². The first-order valence-electron chi connectivity index (χ1n) is 7.24. The summed E-state index contributed by atoms with van der Waals surface area (Å²) >= 11 is 0. The number of carbonyl (C=O) groups excluding carboxylic acids is 2. The predicted octanol–water partition coefficient (Wildman–Crippen LogP) is 2.32. The standard InChI is InChI=1S/C15H25N3O4/c1-8(9(2)17-14(20)22-15(5,6)7)16-13(19)12-10(3)21-11(4)18-12/h8-9H,1-7H3,(H,16,19)(H,17,20)/t8-,9-/m0/s1. The third-order valence-electron chi connectivity index (χ3n) is 2.97. The van der Waals surface area contributed by atoms with Crippen LogP contribution in [0.1, 0.15) is 56.8 Å². The van der Waals surface area contributed by atoms with Crippen LogP contribution in [0.15, 0.2) is 4.42 Å². The number of ether oxygens (including phenoxy) is 1. The molecule has 124 valence electrons. The lowest BCUT2D eigenvalue weighted by molar-refractivity contribution is 0.0496. The minimum absolute atomic E-state index is 0.258. The minimum atomic E-state index is -0.564. The molecule has 0 saturated heterocycles.